The lowest BCUT2D eigenvalue weighted by Gasteiger charge is -2.21. The molecule has 0 rings (SSSR count). The average molecular weight is 363 g/mol. The molecule has 25 heavy (non-hydrogen) atoms. The Morgan fingerprint density at radius 3 is 2.28 bits per heavy atom. The number of hydrogen-bond donors (Lipinski definition) is 3. The maximum Gasteiger partial charge on any atom is 0.322 e. The van der Waals surface area contributed by atoms with Gasteiger partial charge in [0.15, 0.2) is 0 Å². The molecule has 8 nitrogen and oxygen atoms in total. The Kier molecular flexibility index (Phi) is 17.5. The molecule has 8 heteroatoms. The molecule has 0 amide bonds. The predicted octanol–water partition coefficient (Wildman–Crippen LogP) is -0.0957. The van der Waals surface area contributed by atoms with Crippen molar-refractivity contribution in [1.82, 2.24) is 10.6 Å². The van der Waals surface area contributed by atoms with Crippen molar-refractivity contribution in [2.45, 2.75) is 38.3 Å². The number of nitrogens with two attached hydrogens (primary N) is 1. The molecule has 2 unspecified atom stereocenters. The van der Waals surface area contributed by atoms with Crippen molar-refractivity contribution in [2.75, 3.05) is 66.9 Å². The van der Waals surface area contributed by atoms with Crippen molar-refractivity contribution >= 4 is 5.97 Å². The SMILES string of the molecule is CNCCOCCOCCOCC(C)NC(CCCCN)C(=O)OC. The van der Waals surface area contributed by atoms with E-state index in [0.29, 0.717) is 52.6 Å². The highest BCUT2D eigenvalue weighted by atomic mass is 16.5. The molecule has 0 bridgehead atoms. The lowest BCUT2D eigenvalue weighted by molar-refractivity contribution is -0.143. The molecular weight excluding hydrogens is 326 g/mol. The summed E-state index contributed by atoms with van der Waals surface area (Å²) in [5, 5.41) is 6.26. The molecule has 0 radical (unpaired) electrons. The third-order valence-electron chi connectivity index (χ3n) is 3.53. The first-order chi connectivity index (χ1) is 12.2. The van der Waals surface area contributed by atoms with Crippen LogP contribution in [0.3, 0.4) is 0 Å². The van der Waals surface area contributed by atoms with Gasteiger partial charge in [0.25, 0.3) is 0 Å². The minimum atomic E-state index is -0.318. The fraction of sp³-hybridized carbons (Fsp3) is 0.941. The second kappa shape index (κ2) is 18.0. The summed E-state index contributed by atoms with van der Waals surface area (Å²) < 4.78 is 21.2. The summed E-state index contributed by atoms with van der Waals surface area (Å²) in [5.74, 6) is -0.245. The van der Waals surface area contributed by atoms with Crippen LogP contribution >= 0.6 is 0 Å². The minimum Gasteiger partial charge on any atom is -0.468 e. The van der Waals surface area contributed by atoms with Crippen LogP contribution < -0.4 is 16.4 Å². The monoisotopic (exact) mass is 363 g/mol. The second-order valence-corrected chi connectivity index (χ2v) is 5.83. The van der Waals surface area contributed by atoms with Gasteiger partial charge in [0, 0.05) is 12.6 Å². The Morgan fingerprint density at radius 2 is 1.68 bits per heavy atom. The molecule has 0 aromatic heterocycles. The summed E-state index contributed by atoms with van der Waals surface area (Å²) in [6, 6.07) is -0.270. The third-order valence-corrected chi connectivity index (χ3v) is 3.53. The number of nitrogens with one attached hydrogen (secondary N) is 2. The molecule has 0 fully saturated rings. The highest BCUT2D eigenvalue weighted by Gasteiger charge is 2.20. The average Bonchev–Trinajstić information content (AvgIpc) is 2.62. The Labute approximate surface area is 152 Å². The lowest BCUT2D eigenvalue weighted by atomic mass is 10.1. The number of carbonyl (C=O) groups excluding carboxylic acids is 1. The zero-order valence-corrected chi connectivity index (χ0v) is 16.1. The lowest BCUT2D eigenvalue weighted by Crippen LogP contribution is -2.44. The molecule has 0 saturated carbocycles. The molecule has 0 spiro atoms. The Bertz CT molecular complexity index is 308. The first-order valence-electron chi connectivity index (χ1n) is 9.07. The van der Waals surface area contributed by atoms with Crippen LogP contribution in [-0.4, -0.2) is 84.9 Å². The van der Waals surface area contributed by atoms with Gasteiger partial charge in [0.1, 0.15) is 6.04 Å². The van der Waals surface area contributed by atoms with Gasteiger partial charge in [0.05, 0.1) is 46.8 Å². The number of rotatable bonds is 18. The number of carbonyl (C=O) groups is 1. The van der Waals surface area contributed by atoms with E-state index < -0.39 is 0 Å². The van der Waals surface area contributed by atoms with Crippen LogP contribution in [0.4, 0.5) is 0 Å². The summed E-state index contributed by atoms with van der Waals surface area (Å²) in [7, 11) is 3.29. The van der Waals surface area contributed by atoms with Crippen molar-refractivity contribution in [1.29, 1.82) is 0 Å². The minimum absolute atomic E-state index is 0.0480. The van der Waals surface area contributed by atoms with E-state index in [4.69, 9.17) is 24.7 Å². The zero-order valence-electron chi connectivity index (χ0n) is 16.1. The van der Waals surface area contributed by atoms with Gasteiger partial charge in [-0.05, 0) is 33.4 Å². The van der Waals surface area contributed by atoms with Crippen LogP contribution in [0.2, 0.25) is 0 Å². The first kappa shape index (κ1) is 24.2. The van der Waals surface area contributed by atoms with Gasteiger partial charge in [0.2, 0.25) is 0 Å². The first-order valence-corrected chi connectivity index (χ1v) is 9.07. The van der Waals surface area contributed by atoms with Gasteiger partial charge in [-0.3, -0.25) is 10.1 Å². The molecule has 0 heterocycles. The van der Waals surface area contributed by atoms with Crippen LogP contribution in [-0.2, 0) is 23.7 Å². The quantitative estimate of drug-likeness (QED) is 0.229. The van der Waals surface area contributed by atoms with Crippen molar-refractivity contribution < 1.29 is 23.7 Å². The highest BCUT2D eigenvalue weighted by Crippen LogP contribution is 2.04. The van der Waals surface area contributed by atoms with E-state index in [2.05, 4.69) is 10.6 Å². The number of esters is 1. The molecule has 0 aliphatic rings. The molecule has 0 aliphatic heterocycles. The zero-order chi connectivity index (χ0) is 18.8. The molecule has 0 aromatic carbocycles. The standard InChI is InChI=1S/C17H37N3O5/c1-15(20-16(17(21)22-3)6-4-5-7-18)14-25-13-12-24-11-10-23-9-8-19-2/h15-16,19-20H,4-14,18H2,1-3H3. The summed E-state index contributed by atoms with van der Waals surface area (Å²) in [4.78, 5) is 11.8. The van der Waals surface area contributed by atoms with Crippen LogP contribution in [0.5, 0.6) is 0 Å². The van der Waals surface area contributed by atoms with E-state index in [9.17, 15) is 4.79 Å². The van der Waals surface area contributed by atoms with Gasteiger partial charge in [-0.15, -0.1) is 0 Å². The summed E-state index contributed by atoms with van der Waals surface area (Å²) >= 11 is 0. The highest BCUT2D eigenvalue weighted by molar-refractivity contribution is 5.75. The van der Waals surface area contributed by atoms with Crippen LogP contribution in [0.25, 0.3) is 0 Å². The van der Waals surface area contributed by atoms with Crippen molar-refractivity contribution in [3.63, 3.8) is 0 Å². The van der Waals surface area contributed by atoms with Crippen molar-refractivity contribution in [3.05, 3.63) is 0 Å². The van der Waals surface area contributed by atoms with Crippen molar-refractivity contribution in [3.8, 4) is 0 Å². The largest absolute Gasteiger partial charge is 0.468 e. The van der Waals surface area contributed by atoms with Crippen LogP contribution in [0, 0.1) is 0 Å². The van der Waals surface area contributed by atoms with Crippen LogP contribution in [0.15, 0.2) is 0 Å². The van der Waals surface area contributed by atoms with Gasteiger partial charge < -0.3 is 30.0 Å². The second-order valence-electron chi connectivity index (χ2n) is 5.83. The number of hydrogen-bond acceptors (Lipinski definition) is 8. The van der Waals surface area contributed by atoms with E-state index >= 15 is 0 Å². The van der Waals surface area contributed by atoms with E-state index in [1.54, 1.807) is 0 Å². The predicted molar refractivity (Wildman–Crippen MR) is 97.7 cm³/mol. The molecule has 150 valence electrons. The Hall–Kier alpha value is -0.770. The molecule has 2 atom stereocenters. The van der Waals surface area contributed by atoms with E-state index in [1.165, 1.54) is 7.11 Å². The number of unbranched alkanes of at least 4 members (excludes halogenated alkanes) is 1. The van der Waals surface area contributed by atoms with Gasteiger partial charge >= 0.3 is 5.97 Å². The summed E-state index contributed by atoms with van der Waals surface area (Å²) in [6.07, 6.45) is 2.50. The maximum atomic E-state index is 11.8. The van der Waals surface area contributed by atoms with Gasteiger partial charge in [-0.25, -0.2) is 0 Å². The molecule has 0 aromatic rings. The topological polar surface area (TPSA) is 104 Å². The fourth-order valence-electron chi connectivity index (χ4n) is 2.17. The fourth-order valence-corrected chi connectivity index (χ4v) is 2.17. The van der Waals surface area contributed by atoms with Crippen molar-refractivity contribution in [2.24, 2.45) is 5.73 Å². The molecule has 0 saturated heterocycles. The Balaban J connectivity index is 3.67. The molecular formula is C17H37N3O5. The Morgan fingerprint density at radius 1 is 1.04 bits per heavy atom. The van der Waals surface area contributed by atoms with Crippen LogP contribution in [0.1, 0.15) is 26.2 Å². The number of methoxy groups -OCH3 is 1. The summed E-state index contributed by atoms with van der Waals surface area (Å²) in [5.41, 5.74) is 5.49. The number of ether oxygens (including phenoxy) is 4. The third kappa shape index (κ3) is 15.2. The number of likely N-dealkylation sites (N-methyl/N-ethyl adjacent to an activating group) is 1. The van der Waals surface area contributed by atoms with E-state index in [0.717, 1.165) is 19.4 Å². The van der Waals surface area contributed by atoms with Gasteiger partial charge in [-0.2, -0.15) is 0 Å². The van der Waals surface area contributed by atoms with Gasteiger partial charge in [-0.1, -0.05) is 6.42 Å². The van der Waals surface area contributed by atoms with E-state index in [1.807, 2.05) is 14.0 Å². The molecule has 4 N–H and O–H groups in total. The maximum absolute atomic E-state index is 11.8. The molecule has 0 aliphatic carbocycles. The normalized spacial score (nSPS) is 13.6. The smallest absolute Gasteiger partial charge is 0.322 e. The summed E-state index contributed by atoms with van der Waals surface area (Å²) in [6.45, 7) is 6.83. The van der Waals surface area contributed by atoms with E-state index in [-0.39, 0.29) is 18.1 Å².